The van der Waals surface area contributed by atoms with Crippen molar-refractivity contribution in [3.05, 3.63) is 62.9 Å². The lowest BCUT2D eigenvalue weighted by Gasteiger charge is -2.34. The van der Waals surface area contributed by atoms with Crippen LogP contribution >= 0.6 is 23.2 Å². The average Bonchev–Trinajstić information content (AvgIpc) is 3.14. The first kappa shape index (κ1) is 31.3. The quantitative estimate of drug-likeness (QED) is 0.224. The van der Waals surface area contributed by atoms with Gasteiger partial charge in [0, 0.05) is 43.0 Å². The maximum atomic E-state index is 13.4. The molecule has 4 amide bonds. The third-order valence-corrected chi connectivity index (χ3v) is 7.59. The van der Waals surface area contributed by atoms with E-state index >= 15 is 0 Å². The Morgan fingerprint density at radius 3 is 2.31 bits per heavy atom. The first-order valence-electron chi connectivity index (χ1n) is 13.2. The van der Waals surface area contributed by atoms with Crippen molar-refractivity contribution in [3.8, 4) is 6.07 Å². The summed E-state index contributed by atoms with van der Waals surface area (Å²) in [6.45, 7) is 4.78. The monoisotopic (exact) mass is 622 g/mol. The van der Waals surface area contributed by atoms with Crippen molar-refractivity contribution in [3.63, 3.8) is 0 Å². The van der Waals surface area contributed by atoms with Crippen molar-refractivity contribution < 1.29 is 27.6 Å². The van der Waals surface area contributed by atoms with Crippen LogP contribution in [-0.4, -0.2) is 65.4 Å². The number of amides is 4. The molecule has 0 bridgehead atoms. The summed E-state index contributed by atoms with van der Waals surface area (Å²) < 4.78 is 40.2. The van der Waals surface area contributed by atoms with Gasteiger partial charge in [0.05, 0.1) is 22.9 Å². The number of carbonyl (C=O) groups is 3. The van der Waals surface area contributed by atoms with Crippen molar-refractivity contribution in [1.29, 1.82) is 5.26 Å². The maximum Gasteiger partial charge on any atom is 0.417 e. The van der Waals surface area contributed by atoms with Crippen molar-refractivity contribution in [2.24, 2.45) is 0 Å². The summed E-state index contributed by atoms with van der Waals surface area (Å²) >= 11 is 11.8. The first-order chi connectivity index (χ1) is 19.9. The zero-order valence-electron chi connectivity index (χ0n) is 22.6. The Hall–Kier alpha value is -3.66. The molecule has 1 saturated heterocycles. The lowest BCUT2D eigenvalue weighted by Crippen LogP contribution is -2.50. The van der Waals surface area contributed by atoms with Gasteiger partial charge in [0.15, 0.2) is 0 Å². The van der Waals surface area contributed by atoms with Gasteiger partial charge in [-0.05, 0) is 63.1 Å². The summed E-state index contributed by atoms with van der Waals surface area (Å²) in [5, 5.41) is 12.1. The Bertz CT molecular complexity index is 1450. The normalized spacial score (nSPS) is 16.3. The predicted molar refractivity (Wildman–Crippen MR) is 151 cm³/mol. The third kappa shape index (κ3) is 7.21. The molecule has 222 valence electrons. The number of unbranched alkanes of at least 4 members (excludes halogenated alkanes) is 2. The summed E-state index contributed by atoms with van der Waals surface area (Å²) in [6, 6.07) is 7.07. The number of hydrogen-bond donors (Lipinski definition) is 1. The molecule has 2 aliphatic rings. The number of nitrogens with one attached hydrogen (secondary N) is 1. The van der Waals surface area contributed by atoms with E-state index in [0.29, 0.717) is 50.8 Å². The van der Waals surface area contributed by atoms with Crippen molar-refractivity contribution in [2.75, 3.05) is 42.9 Å². The molecule has 4 rings (SSSR count). The number of piperazine rings is 1. The van der Waals surface area contributed by atoms with Gasteiger partial charge in [-0.3, -0.25) is 14.5 Å². The van der Waals surface area contributed by atoms with Crippen LogP contribution in [0.15, 0.2) is 41.5 Å². The molecule has 9 nitrogen and oxygen atoms in total. The third-order valence-electron chi connectivity index (χ3n) is 7.20. The second-order valence-corrected chi connectivity index (χ2v) is 10.7. The van der Waals surface area contributed by atoms with E-state index in [1.165, 1.54) is 31.2 Å². The Morgan fingerprint density at radius 1 is 1.02 bits per heavy atom. The lowest BCUT2D eigenvalue weighted by atomic mass is 10.0. The second-order valence-electron chi connectivity index (χ2n) is 9.96. The standard InChI is InChI=1S/C28H27Cl2F3N6O3/c1-17-21(26(41)39(25(17)40)20-7-6-18(16-34)22(15-20)28(31,32)33)5-3-2-4-8-37-9-11-38(12-10-37)27(42)35-19-13-23(29)36-24(30)14-19/h6-7,13-15H,2-5,8-12H2,1H3,(H,35,36,42). The van der Waals surface area contributed by atoms with Gasteiger partial charge in [0.1, 0.15) is 10.3 Å². The molecule has 0 unspecified atom stereocenters. The fraction of sp³-hybridized carbons (Fsp3) is 0.393. The van der Waals surface area contributed by atoms with Gasteiger partial charge < -0.3 is 10.2 Å². The van der Waals surface area contributed by atoms with E-state index in [1.54, 1.807) is 4.90 Å². The van der Waals surface area contributed by atoms with E-state index in [2.05, 4.69) is 15.2 Å². The smallest absolute Gasteiger partial charge is 0.322 e. The van der Waals surface area contributed by atoms with Gasteiger partial charge in [-0.25, -0.2) is 14.7 Å². The predicted octanol–water partition coefficient (Wildman–Crippen LogP) is 5.88. The topological polar surface area (TPSA) is 110 Å². The minimum absolute atomic E-state index is 0.182. The largest absolute Gasteiger partial charge is 0.417 e. The number of aromatic nitrogens is 1. The number of pyridine rings is 1. The van der Waals surface area contributed by atoms with Crippen LogP contribution in [0.25, 0.3) is 0 Å². The number of hydrogen-bond acceptors (Lipinski definition) is 6. The van der Waals surface area contributed by atoms with Gasteiger partial charge in [0.25, 0.3) is 11.8 Å². The summed E-state index contributed by atoms with van der Waals surface area (Å²) in [5.74, 6) is -1.30. The summed E-state index contributed by atoms with van der Waals surface area (Å²) in [7, 11) is 0. The van der Waals surface area contributed by atoms with Crippen LogP contribution in [0.4, 0.5) is 29.3 Å². The van der Waals surface area contributed by atoms with Crippen LogP contribution < -0.4 is 10.2 Å². The van der Waals surface area contributed by atoms with Crippen molar-refractivity contribution in [2.45, 2.75) is 38.8 Å². The number of nitriles is 1. The van der Waals surface area contributed by atoms with E-state index in [9.17, 15) is 27.6 Å². The van der Waals surface area contributed by atoms with E-state index in [1.807, 2.05) is 0 Å². The first-order valence-corrected chi connectivity index (χ1v) is 14.0. The molecular formula is C28H27Cl2F3N6O3. The Morgan fingerprint density at radius 2 is 1.69 bits per heavy atom. The average molecular weight is 623 g/mol. The molecule has 0 spiro atoms. The minimum Gasteiger partial charge on any atom is -0.322 e. The van der Waals surface area contributed by atoms with E-state index < -0.39 is 29.1 Å². The lowest BCUT2D eigenvalue weighted by molar-refractivity contribution is -0.138. The Balaban J connectivity index is 1.22. The number of anilines is 2. The SMILES string of the molecule is CC1=C(CCCCCN2CCN(C(=O)Nc3cc(Cl)nc(Cl)c3)CC2)C(=O)N(c2ccc(C#N)c(C(F)(F)F)c2)C1=O. The van der Waals surface area contributed by atoms with Gasteiger partial charge in [-0.2, -0.15) is 18.4 Å². The molecule has 0 radical (unpaired) electrons. The van der Waals surface area contributed by atoms with Crippen LogP contribution in [0.1, 0.15) is 43.7 Å². The molecule has 14 heteroatoms. The molecular weight excluding hydrogens is 596 g/mol. The molecule has 1 N–H and O–H groups in total. The van der Waals surface area contributed by atoms with Crippen LogP contribution in [0.2, 0.25) is 10.3 Å². The highest BCUT2D eigenvalue weighted by Gasteiger charge is 2.39. The molecule has 3 heterocycles. The number of nitrogens with zero attached hydrogens (tertiary/aromatic N) is 5. The molecule has 1 aromatic heterocycles. The second kappa shape index (κ2) is 13.1. The van der Waals surface area contributed by atoms with E-state index in [4.69, 9.17) is 28.5 Å². The highest BCUT2D eigenvalue weighted by molar-refractivity contribution is 6.33. The van der Waals surface area contributed by atoms with Crippen LogP contribution in [-0.2, 0) is 15.8 Å². The van der Waals surface area contributed by atoms with E-state index in [0.717, 1.165) is 30.4 Å². The summed E-state index contributed by atoms with van der Waals surface area (Å²) in [4.78, 5) is 46.9. The van der Waals surface area contributed by atoms with E-state index in [-0.39, 0.29) is 33.2 Å². The fourth-order valence-corrected chi connectivity index (χ4v) is 5.41. The number of urea groups is 1. The molecule has 1 aromatic carbocycles. The number of alkyl halides is 3. The number of benzene rings is 1. The molecule has 0 aliphatic carbocycles. The van der Waals surface area contributed by atoms with Gasteiger partial charge >= 0.3 is 12.2 Å². The Labute approximate surface area is 250 Å². The number of carbonyl (C=O) groups excluding carboxylic acids is 3. The van der Waals surface area contributed by atoms with Crippen LogP contribution in [0.5, 0.6) is 0 Å². The molecule has 42 heavy (non-hydrogen) atoms. The molecule has 1 fully saturated rings. The number of imide groups is 1. The highest BCUT2D eigenvalue weighted by Crippen LogP contribution is 2.37. The van der Waals surface area contributed by atoms with Gasteiger partial charge in [-0.1, -0.05) is 29.6 Å². The summed E-state index contributed by atoms with van der Waals surface area (Å²) in [6.07, 6.45) is -2.24. The van der Waals surface area contributed by atoms with Crippen molar-refractivity contribution >= 4 is 52.4 Å². The molecule has 0 atom stereocenters. The van der Waals surface area contributed by atoms with Crippen LogP contribution in [0, 0.1) is 11.3 Å². The number of halogens is 5. The van der Waals surface area contributed by atoms with Crippen LogP contribution in [0.3, 0.4) is 0 Å². The summed E-state index contributed by atoms with van der Waals surface area (Å²) in [5.41, 5.74) is -1.03. The molecule has 0 saturated carbocycles. The zero-order valence-corrected chi connectivity index (χ0v) is 24.1. The molecule has 2 aliphatic heterocycles. The van der Waals surface area contributed by atoms with Crippen molar-refractivity contribution in [1.82, 2.24) is 14.8 Å². The van der Waals surface area contributed by atoms with Gasteiger partial charge in [0.2, 0.25) is 0 Å². The maximum absolute atomic E-state index is 13.4. The fourth-order valence-electron chi connectivity index (χ4n) is 4.94. The Kier molecular flexibility index (Phi) is 9.76. The molecule has 2 aromatic rings. The highest BCUT2D eigenvalue weighted by atomic mass is 35.5. The van der Waals surface area contributed by atoms with Gasteiger partial charge in [-0.15, -0.1) is 0 Å². The minimum atomic E-state index is -4.80. The number of rotatable bonds is 8. The zero-order chi connectivity index (χ0) is 30.6.